The third kappa shape index (κ3) is 3.07. The Morgan fingerprint density at radius 3 is 2.14 bits per heavy atom. The summed E-state index contributed by atoms with van der Waals surface area (Å²) in [5.41, 5.74) is 7.81. The van der Waals surface area contributed by atoms with Crippen LogP contribution in [0.1, 0.15) is 31.1 Å². The highest BCUT2D eigenvalue weighted by atomic mass is 14.9. The average molecular weight is 193 g/mol. The molecule has 0 fully saturated rings. The molecule has 1 heterocycles. The van der Waals surface area contributed by atoms with Gasteiger partial charge in [-0.1, -0.05) is 13.8 Å². The molecule has 0 spiro atoms. The monoisotopic (exact) mass is 193 g/mol. The third-order valence-electron chi connectivity index (χ3n) is 2.22. The zero-order valence-corrected chi connectivity index (χ0v) is 9.46. The van der Waals surface area contributed by atoms with Crippen LogP contribution in [-0.4, -0.2) is 16.5 Å². The van der Waals surface area contributed by atoms with E-state index in [9.17, 15) is 0 Å². The van der Waals surface area contributed by atoms with E-state index in [2.05, 4.69) is 23.8 Å². The Labute approximate surface area is 85.8 Å². The summed E-state index contributed by atoms with van der Waals surface area (Å²) in [5, 5.41) is 0. The van der Waals surface area contributed by atoms with Crippen molar-refractivity contribution < 1.29 is 0 Å². The summed E-state index contributed by atoms with van der Waals surface area (Å²) in [4.78, 5) is 8.80. The zero-order valence-electron chi connectivity index (χ0n) is 9.46. The van der Waals surface area contributed by atoms with Gasteiger partial charge in [0.1, 0.15) is 5.82 Å². The van der Waals surface area contributed by atoms with E-state index in [0.29, 0.717) is 6.54 Å². The highest BCUT2D eigenvalue weighted by molar-refractivity contribution is 5.09. The summed E-state index contributed by atoms with van der Waals surface area (Å²) >= 11 is 0. The van der Waals surface area contributed by atoms with Crippen LogP contribution in [-0.2, 0) is 6.42 Å². The van der Waals surface area contributed by atoms with Crippen LogP contribution in [0, 0.1) is 19.3 Å². The highest BCUT2D eigenvalue weighted by Crippen LogP contribution is 2.18. The number of hydrogen-bond acceptors (Lipinski definition) is 3. The number of nitrogens with two attached hydrogens (primary N) is 1. The maximum atomic E-state index is 5.67. The topological polar surface area (TPSA) is 51.8 Å². The zero-order chi connectivity index (χ0) is 10.8. The maximum absolute atomic E-state index is 5.67. The number of aryl methyl sites for hydroxylation is 2. The molecule has 0 unspecified atom stereocenters. The molecule has 0 bridgehead atoms. The molecule has 3 heteroatoms. The van der Waals surface area contributed by atoms with E-state index >= 15 is 0 Å². The quantitative estimate of drug-likeness (QED) is 0.793. The number of nitrogens with zero attached hydrogens (tertiary/aromatic N) is 2. The van der Waals surface area contributed by atoms with E-state index in [4.69, 9.17) is 5.73 Å². The van der Waals surface area contributed by atoms with E-state index in [1.54, 1.807) is 0 Å². The number of hydrogen-bond donors (Lipinski definition) is 1. The molecule has 3 nitrogen and oxygen atoms in total. The lowest BCUT2D eigenvalue weighted by atomic mass is 9.89. The SMILES string of the molecule is Cc1cc(C)nc(CC(C)(C)CN)n1. The lowest BCUT2D eigenvalue weighted by Gasteiger charge is -2.21. The van der Waals surface area contributed by atoms with Gasteiger partial charge in [0.15, 0.2) is 0 Å². The van der Waals surface area contributed by atoms with Gasteiger partial charge in [0.2, 0.25) is 0 Å². The highest BCUT2D eigenvalue weighted by Gasteiger charge is 2.18. The Kier molecular flexibility index (Phi) is 3.21. The molecule has 0 radical (unpaired) electrons. The fourth-order valence-electron chi connectivity index (χ4n) is 1.38. The van der Waals surface area contributed by atoms with Crippen LogP contribution in [0.3, 0.4) is 0 Å². The standard InChI is InChI=1S/C11H19N3/c1-8-5-9(2)14-10(13-8)6-11(3,4)7-12/h5H,6-7,12H2,1-4H3. The molecule has 78 valence electrons. The van der Waals surface area contributed by atoms with Crippen LogP contribution < -0.4 is 5.73 Å². The predicted molar refractivity (Wildman–Crippen MR) is 58.0 cm³/mol. The molecule has 0 aromatic carbocycles. The Bertz CT molecular complexity index is 298. The van der Waals surface area contributed by atoms with Gasteiger partial charge in [-0.25, -0.2) is 9.97 Å². The predicted octanol–water partition coefficient (Wildman–Crippen LogP) is 1.62. The molecule has 1 rings (SSSR count). The normalized spacial score (nSPS) is 11.8. The molecule has 14 heavy (non-hydrogen) atoms. The minimum absolute atomic E-state index is 0.0836. The molecule has 1 aromatic rings. The number of aromatic nitrogens is 2. The minimum Gasteiger partial charge on any atom is -0.330 e. The summed E-state index contributed by atoms with van der Waals surface area (Å²) in [6.45, 7) is 8.91. The fourth-order valence-corrected chi connectivity index (χ4v) is 1.38. The lowest BCUT2D eigenvalue weighted by Crippen LogP contribution is -2.27. The van der Waals surface area contributed by atoms with Crippen molar-refractivity contribution in [1.82, 2.24) is 9.97 Å². The van der Waals surface area contributed by atoms with Gasteiger partial charge in [0.25, 0.3) is 0 Å². The first-order valence-electron chi connectivity index (χ1n) is 4.94. The summed E-state index contributed by atoms with van der Waals surface area (Å²) in [6.07, 6.45) is 0.839. The molecule has 0 atom stereocenters. The maximum Gasteiger partial charge on any atom is 0.129 e. The minimum atomic E-state index is 0.0836. The molecule has 0 aliphatic rings. The van der Waals surface area contributed by atoms with Crippen molar-refractivity contribution in [2.75, 3.05) is 6.54 Å². The molecule has 0 amide bonds. The Morgan fingerprint density at radius 2 is 1.71 bits per heavy atom. The lowest BCUT2D eigenvalue weighted by molar-refractivity contribution is 0.367. The van der Waals surface area contributed by atoms with Crippen molar-refractivity contribution >= 4 is 0 Å². The van der Waals surface area contributed by atoms with Gasteiger partial charge in [0, 0.05) is 17.8 Å². The van der Waals surface area contributed by atoms with Gasteiger partial charge < -0.3 is 5.73 Å². The summed E-state index contributed by atoms with van der Waals surface area (Å²) < 4.78 is 0. The van der Waals surface area contributed by atoms with Crippen LogP contribution in [0.5, 0.6) is 0 Å². The van der Waals surface area contributed by atoms with Crippen molar-refractivity contribution in [2.24, 2.45) is 11.1 Å². The van der Waals surface area contributed by atoms with Gasteiger partial charge in [-0.05, 0) is 31.9 Å². The van der Waals surface area contributed by atoms with Gasteiger partial charge in [-0.3, -0.25) is 0 Å². The molecule has 0 aliphatic carbocycles. The first-order valence-corrected chi connectivity index (χ1v) is 4.94. The van der Waals surface area contributed by atoms with Crippen LogP contribution in [0.25, 0.3) is 0 Å². The summed E-state index contributed by atoms with van der Waals surface area (Å²) in [6, 6.07) is 1.99. The largest absolute Gasteiger partial charge is 0.330 e. The Hall–Kier alpha value is -0.960. The van der Waals surface area contributed by atoms with E-state index < -0.39 is 0 Å². The molecule has 1 aromatic heterocycles. The number of rotatable bonds is 3. The Balaban J connectivity index is 2.87. The summed E-state index contributed by atoms with van der Waals surface area (Å²) in [7, 11) is 0. The van der Waals surface area contributed by atoms with E-state index in [1.807, 2.05) is 19.9 Å². The fraction of sp³-hybridized carbons (Fsp3) is 0.636. The molecule has 0 aliphatic heterocycles. The van der Waals surface area contributed by atoms with Crippen LogP contribution in [0.2, 0.25) is 0 Å². The smallest absolute Gasteiger partial charge is 0.129 e. The molecular weight excluding hydrogens is 174 g/mol. The van der Waals surface area contributed by atoms with Crippen LogP contribution in [0.4, 0.5) is 0 Å². The van der Waals surface area contributed by atoms with Crippen LogP contribution >= 0.6 is 0 Å². The second kappa shape index (κ2) is 4.05. The second-order valence-corrected chi connectivity index (χ2v) is 4.61. The molecule has 2 N–H and O–H groups in total. The Morgan fingerprint density at radius 1 is 1.21 bits per heavy atom. The molecule has 0 saturated heterocycles. The van der Waals surface area contributed by atoms with Crippen molar-refractivity contribution in [2.45, 2.75) is 34.1 Å². The van der Waals surface area contributed by atoms with Crippen molar-refractivity contribution in [1.29, 1.82) is 0 Å². The van der Waals surface area contributed by atoms with Crippen molar-refractivity contribution in [3.8, 4) is 0 Å². The van der Waals surface area contributed by atoms with Crippen LogP contribution in [0.15, 0.2) is 6.07 Å². The van der Waals surface area contributed by atoms with Gasteiger partial charge >= 0.3 is 0 Å². The van der Waals surface area contributed by atoms with Crippen molar-refractivity contribution in [3.05, 3.63) is 23.3 Å². The molecular formula is C11H19N3. The summed E-state index contributed by atoms with van der Waals surface area (Å²) in [5.74, 6) is 0.901. The molecule has 0 saturated carbocycles. The third-order valence-corrected chi connectivity index (χ3v) is 2.22. The van der Waals surface area contributed by atoms with E-state index in [-0.39, 0.29) is 5.41 Å². The second-order valence-electron chi connectivity index (χ2n) is 4.61. The van der Waals surface area contributed by atoms with E-state index in [0.717, 1.165) is 23.6 Å². The first kappa shape index (κ1) is 11.1. The van der Waals surface area contributed by atoms with E-state index in [1.165, 1.54) is 0 Å². The van der Waals surface area contributed by atoms with Gasteiger partial charge in [0.05, 0.1) is 0 Å². The van der Waals surface area contributed by atoms with Crippen molar-refractivity contribution in [3.63, 3.8) is 0 Å². The average Bonchev–Trinajstić information content (AvgIpc) is 2.01. The first-order chi connectivity index (χ1) is 6.43. The van der Waals surface area contributed by atoms with Gasteiger partial charge in [-0.2, -0.15) is 0 Å². The van der Waals surface area contributed by atoms with Gasteiger partial charge in [-0.15, -0.1) is 0 Å².